The van der Waals surface area contributed by atoms with Gasteiger partial charge >= 0.3 is 0 Å². The van der Waals surface area contributed by atoms with Crippen molar-refractivity contribution in [3.8, 4) is 0 Å². The second-order valence-corrected chi connectivity index (χ2v) is 3.52. The molecular formula is C11H16N2O4. The number of hydrogen-bond acceptors (Lipinski definition) is 4. The summed E-state index contributed by atoms with van der Waals surface area (Å²) < 4.78 is 4.87. The molecule has 0 saturated carbocycles. The number of carbonyl (C=O) groups excluding carboxylic acids is 2. The third-order valence-corrected chi connectivity index (χ3v) is 2.23. The van der Waals surface area contributed by atoms with Gasteiger partial charge in [-0.15, -0.1) is 0 Å². The summed E-state index contributed by atoms with van der Waals surface area (Å²) in [6.45, 7) is 1.59. The van der Waals surface area contributed by atoms with Gasteiger partial charge in [-0.25, -0.2) is 0 Å². The van der Waals surface area contributed by atoms with Crippen molar-refractivity contribution in [2.45, 2.75) is 19.4 Å². The number of aliphatic hydroxyl groups excluding tert-OH is 1. The van der Waals surface area contributed by atoms with Crippen LogP contribution in [0.2, 0.25) is 0 Å². The van der Waals surface area contributed by atoms with Crippen LogP contribution in [0, 0.1) is 0 Å². The zero-order valence-corrected chi connectivity index (χ0v) is 9.60. The van der Waals surface area contributed by atoms with Crippen molar-refractivity contribution >= 4 is 11.8 Å². The Kier molecular flexibility index (Phi) is 5.22. The molecule has 1 rings (SSSR count). The number of aliphatic hydroxyl groups is 1. The van der Waals surface area contributed by atoms with E-state index in [9.17, 15) is 9.59 Å². The van der Waals surface area contributed by atoms with Crippen LogP contribution in [0.3, 0.4) is 0 Å². The van der Waals surface area contributed by atoms with Gasteiger partial charge in [-0.05, 0) is 18.6 Å². The molecule has 0 aromatic carbocycles. The quantitative estimate of drug-likeness (QED) is 0.647. The topological polar surface area (TPSA) is 91.6 Å². The predicted octanol–water partition coefficient (Wildman–Crippen LogP) is -0.103. The van der Waals surface area contributed by atoms with Crippen LogP contribution in [-0.4, -0.2) is 36.1 Å². The molecule has 1 unspecified atom stereocenters. The molecule has 2 amide bonds. The summed E-state index contributed by atoms with van der Waals surface area (Å²) in [5.41, 5.74) is 0. The molecule has 1 aromatic heterocycles. The molecule has 0 aliphatic carbocycles. The van der Waals surface area contributed by atoms with Gasteiger partial charge in [-0.1, -0.05) is 6.92 Å². The summed E-state index contributed by atoms with van der Waals surface area (Å²) in [5.74, 6) is -0.625. The molecule has 94 valence electrons. The molecule has 6 heteroatoms. The van der Waals surface area contributed by atoms with E-state index < -0.39 is 5.91 Å². The highest BCUT2D eigenvalue weighted by atomic mass is 16.3. The van der Waals surface area contributed by atoms with E-state index in [4.69, 9.17) is 9.52 Å². The minimum Gasteiger partial charge on any atom is -0.459 e. The van der Waals surface area contributed by atoms with Crippen molar-refractivity contribution in [1.82, 2.24) is 10.6 Å². The normalized spacial score (nSPS) is 11.9. The van der Waals surface area contributed by atoms with Crippen LogP contribution in [-0.2, 0) is 4.79 Å². The Morgan fingerprint density at radius 1 is 1.53 bits per heavy atom. The molecule has 17 heavy (non-hydrogen) atoms. The Labute approximate surface area is 99.0 Å². The number of furan rings is 1. The van der Waals surface area contributed by atoms with Gasteiger partial charge in [-0.3, -0.25) is 9.59 Å². The second kappa shape index (κ2) is 6.70. The molecule has 0 spiro atoms. The molecule has 0 saturated heterocycles. The van der Waals surface area contributed by atoms with Crippen LogP contribution in [0.25, 0.3) is 0 Å². The van der Waals surface area contributed by atoms with Gasteiger partial charge in [0.05, 0.1) is 25.5 Å². The molecule has 0 aliphatic rings. The van der Waals surface area contributed by atoms with Crippen molar-refractivity contribution in [3.63, 3.8) is 0 Å². The van der Waals surface area contributed by atoms with E-state index >= 15 is 0 Å². The summed E-state index contributed by atoms with van der Waals surface area (Å²) >= 11 is 0. The molecule has 0 aliphatic heterocycles. The standard InChI is InChI=1S/C11H16N2O4/c1-2-8(7-14)13-10(15)6-12-11(16)9-4-3-5-17-9/h3-5,8,14H,2,6-7H2,1H3,(H,12,16)(H,13,15). The van der Waals surface area contributed by atoms with E-state index in [0.717, 1.165) is 0 Å². The highest BCUT2D eigenvalue weighted by molar-refractivity contribution is 5.94. The Balaban J connectivity index is 2.31. The van der Waals surface area contributed by atoms with Gasteiger partial charge in [-0.2, -0.15) is 0 Å². The van der Waals surface area contributed by atoms with Crippen molar-refractivity contribution in [2.24, 2.45) is 0 Å². The molecule has 1 aromatic rings. The van der Waals surface area contributed by atoms with Gasteiger partial charge in [0.15, 0.2) is 5.76 Å². The number of amides is 2. The van der Waals surface area contributed by atoms with Gasteiger partial charge in [0.1, 0.15) is 0 Å². The zero-order valence-electron chi connectivity index (χ0n) is 9.60. The van der Waals surface area contributed by atoms with Gasteiger partial charge in [0.25, 0.3) is 5.91 Å². The first-order chi connectivity index (χ1) is 8.17. The number of hydrogen-bond donors (Lipinski definition) is 3. The van der Waals surface area contributed by atoms with Crippen molar-refractivity contribution < 1.29 is 19.1 Å². The first-order valence-electron chi connectivity index (χ1n) is 5.39. The first kappa shape index (κ1) is 13.2. The Morgan fingerprint density at radius 2 is 2.29 bits per heavy atom. The van der Waals surface area contributed by atoms with Crippen molar-refractivity contribution in [3.05, 3.63) is 24.2 Å². The van der Waals surface area contributed by atoms with E-state index in [1.807, 2.05) is 6.92 Å². The van der Waals surface area contributed by atoms with Crippen LogP contribution in [0.15, 0.2) is 22.8 Å². The maximum absolute atomic E-state index is 11.4. The first-order valence-corrected chi connectivity index (χ1v) is 5.39. The lowest BCUT2D eigenvalue weighted by Gasteiger charge is -2.13. The molecule has 0 radical (unpaired) electrons. The fraction of sp³-hybridized carbons (Fsp3) is 0.455. The van der Waals surface area contributed by atoms with E-state index in [0.29, 0.717) is 6.42 Å². The molecule has 0 fully saturated rings. The second-order valence-electron chi connectivity index (χ2n) is 3.52. The van der Waals surface area contributed by atoms with Crippen LogP contribution in [0.1, 0.15) is 23.9 Å². The van der Waals surface area contributed by atoms with E-state index in [-0.39, 0.29) is 30.9 Å². The fourth-order valence-electron chi connectivity index (χ4n) is 1.21. The lowest BCUT2D eigenvalue weighted by atomic mass is 10.2. The lowest BCUT2D eigenvalue weighted by Crippen LogP contribution is -2.43. The number of rotatable bonds is 6. The number of carbonyl (C=O) groups is 2. The van der Waals surface area contributed by atoms with Gasteiger partial charge in [0.2, 0.25) is 5.91 Å². The smallest absolute Gasteiger partial charge is 0.287 e. The van der Waals surface area contributed by atoms with Crippen LogP contribution < -0.4 is 10.6 Å². The average Bonchev–Trinajstić information content (AvgIpc) is 2.86. The number of nitrogens with one attached hydrogen (secondary N) is 2. The molecule has 3 N–H and O–H groups in total. The summed E-state index contributed by atoms with van der Waals surface area (Å²) in [5, 5.41) is 13.9. The zero-order chi connectivity index (χ0) is 12.7. The van der Waals surface area contributed by atoms with Crippen LogP contribution in [0.5, 0.6) is 0 Å². The Bertz CT molecular complexity index is 358. The van der Waals surface area contributed by atoms with Gasteiger partial charge in [0, 0.05) is 0 Å². The van der Waals surface area contributed by atoms with Crippen molar-refractivity contribution in [2.75, 3.05) is 13.2 Å². The minimum atomic E-state index is -0.442. The molecular weight excluding hydrogens is 224 g/mol. The van der Waals surface area contributed by atoms with Gasteiger partial charge < -0.3 is 20.2 Å². The Hall–Kier alpha value is -1.82. The molecule has 6 nitrogen and oxygen atoms in total. The minimum absolute atomic E-state index is 0.117. The highest BCUT2D eigenvalue weighted by Gasteiger charge is 2.12. The summed E-state index contributed by atoms with van der Waals surface area (Å²) in [4.78, 5) is 22.8. The molecule has 1 heterocycles. The maximum Gasteiger partial charge on any atom is 0.287 e. The lowest BCUT2D eigenvalue weighted by molar-refractivity contribution is -0.121. The summed E-state index contributed by atoms with van der Waals surface area (Å²) in [6.07, 6.45) is 2.02. The predicted molar refractivity (Wildman–Crippen MR) is 60.3 cm³/mol. The maximum atomic E-state index is 11.4. The average molecular weight is 240 g/mol. The third-order valence-electron chi connectivity index (χ3n) is 2.23. The van der Waals surface area contributed by atoms with Crippen molar-refractivity contribution in [1.29, 1.82) is 0 Å². The van der Waals surface area contributed by atoms with E-state index in [1.165, 1.54) is 12.3 Å². The Morgan fingerprint density at radius 3 is 2.82 bits per heavy atom. The van der Waals surface area contributed by atoms with E-state index in [1.54, 1.807) is 6.07 Å². The highest BCUT2D eigenvalue weighted by Crippen LogP contribution is 1.98. The summed E-state index contributed by atoms with van der Waals surface area (Å²) in [7, 11) is 0. The molecule has 1 atom stereocenters. The largest absolute Gasteiger partial charge is 0.459 e. The van der Waals surface area contributed by atoms with Crippen LogP contribution >= 0.6 is 0 Å². The summed E-state index contributed by atoms with van der Waals surface area (Å²) in [6, 6.07) is 2.83. The van der Waals surface area contributed by atoms with Crippen LogP contribution in [0.4, 0.5) is 0 Å². The monoisotopic (exact) mass is 240 g/mol. The SMILES string of the molecule is CCC(CO)NC(=O)CNC(=O)c1ccco1. The fourth-order valence-corrected chi connectivity index (χ4v) is 1.21. The third kappa shape index (κ3) is 4.28. The van der Waals surface area contributed by atoms with E-state index in [2.05, 4.69) is 10.6 Å². The molecule has 0 bridgehead atoms.